The van der Waals surface area contributed by atoms with Crippen molar-refractivity contribution in [1.82, 2.24) is 14.8 Å². The minimum Gasteiger partial charge on any atom is -0.324 e. The number of aromatic nitrogens is 3. The van der Waals surface area contributed by atoms with Crippen molar-refractivity contribution in [2.75, 3.05) is 5.32 Å². The summed E-state index contributed by atoms with van der Waals surface area (Å²) in [4.78, 5) is 12.1. The molecule has 100 valence electrons. The van der Waals surface area contributed by atoms with Crippen molar-refractivity contribution in [3.05, 3.63) is 35.6 Å². The van der Waals surface area contributed by atoms with Crippen LogP contribution in [0.15, 0.2) is 35.7 Å². The van der Waals surface area contributed by atoms with Gasteiger partial charge in [-0.25, -0.2) is 0 Å². The third kappa shape index (κ3) is 3.48. The van der Waals surface area contributed by atoms with Crippen molar-refractivity contribution in [3.8, 4) is 0 Å². The predicted molar refractivity (Wildman–Crippen MR) is 76.4 cm³/mol. The number of thioether (sulfide) groups is 1. The highest BCUT2D eigenvalue weighted by Crippen LogP contribution is 2.24. The molecule has 1 heterocycles. The van der Waals surface area contributed by atoms with Crippen LogP contribution < -0.4 is 5.32 Å². The Kier molecular flexibility index (Phi) is 4.44. The number of para-hydroxylation sites is 1. The molecule has 0 saturated carbocycles. The van der Waals surface area contributed by atoms with Crippen LogP contribution in [-0.4, -0.2) is 25.9 Å². The fourth-order valence-electron chi connectivity index (χ4n) is 1.39. The molecule has 0 aliphatic carbocycles. The Morgan fingerprint density at radius 3 is 2.84 bits per heavy atom. The third-order valence-corrected chi connectivity index (χ3v) is 3.93. The van der Waals surface area contributed by atoms with E-state index >= 15 is 0 Å². The van der Waals surface area contributed by atoms with E-state index in [4.69, 9.17) is 11.6 Å². The second kappa shape index (κ2) is 6.08. The first kappa shape index (κ1) is 13.9. The fraction of sp³-hybridized carbons (Fsp3) is 0.250. The molecule has 2 aromatic rings. The van der Waals surface area contributed by atoms with E-state index in [0.29, 0.717) is 15.9 Å². The van der Waals surface area contributed by atoms with Crippen LogP contribution in [0.3, 0.4) is 0 Å². The number of amides is 1. The van der Waals surface area contributed by atoms with Crippen LogP contribution in [-0.2, 0) is 11.8 Å². The van der Waals surface area contributed by atoms with Crippen LogP contribution in [0.2, 0.25) is 5.02 Å². The summed E-state index contributed by atoms with van der Waals surface area (Å²) in [5, 5.41) is 11.4. The van der Waals surface area contributed by atoms with Gasteiger partial charge in [0, 0.05) is 7.05 Å². The van der Waals surface area contributed by atoms with Crippen LogP contribution in [0, 0.1) is 0 Å². The molecule has 0 aliphatic rings. The monoisotopic (exact) mass is 296 g/mol. The number of anilines is 1. The second-order valence-corrected chi connectivity index (χ2v) is 5.67. The molecule has 1 aromatic carbocycles. The molecule has 0 bridgehead atoms. The topological polar surface area (TPSA) is 59.8 Å². The molecule has 2 rings (SSSR count). The number of hydrogen-bond acceptors (Lipinski definition) is 4. The van der Waals surface area contributed by atoms with Gasteiger partial charge >= 0.3 is 0 Å². The van der Waals surface area contributed by atoms with Crippen molar-refractivity contribution in [2.45, 2.75) is 17.3 Å². The summed E-state index contributed by atoms with van der Waals surface area (Å²) in [5.74, 6) is -0.124. The zero-order chi connectivity index (χ0) is 13.8. The molecular weight excluding hydrogens is 284 g/mol. The van der Waals surface area contributed by atoms with Gasteiger partial charge in [0.1, 0.15) is 6.33 Å². The smallest absolute Gasteiger partial charge is 0.237 e. The number of benzene rings is 1. The normalized spacial score (nSPS) is 12.2. The van der Waals surface area contributed by atoms with Crippen molar-refractivity contribution in [1.29, 1.82) is 0 Å². The van der Waals surface area contributed by atoms with Crippen molar-refractivity contribution < 1.29 is 4.79 Å². The van der Waals surface area contributed by atoms with Gasteiger partial charge in [0.25, 0.3) is 0 Å². The maximum Gasteiger partial charge on any atom is 0.237 e. The zero-order valence-electron chi connectivity index (χ0n) is 10.5. The summed E-state index contributed by atoms with van der Waals surface area (Å²) >= 11 is 7.34. The summed E-state index contributed by atoms with van der Waals surface area (Å²) in [6, 6.07) is 7.13. The average Bonchev–Trinajstić information content (AvgIpc) is 2.78. The lowest BCUT2D eigenvalue weighted by Gasteiger charge is -2.12. The molecule has 5 nitrogen and oxygen atoms in total. The Hall–Kier alpha value is -1.53. The lowest BCUT2D eigenvalue weighted by Crippen LogP contribution is -2.23. The number of nitrogens with zero attached hydrogens (tertiary/aromatic N) is 3. The number of carbonyl (C=O) groups is 1. The predicted octanol–water partition coefficient (Wildman–Crippen LogP) is 2.59. The van der Waals surface area contributed by atoms with Gasteiger partial charge in [0.05, 0.1) is 16.0 Å². The summed E-state index contributed by atoms with van der Waals surface area (Å²) in [7, 11) is 1.83. The molecule has 1 N–H and O–H groups in total. The SMILES string of the molecule is CC(Sc1nncn1C)C(=O)Nc1ccccc1Cl. The van der Waals surface area contributed by atoms with Crippen molar-refractivity contribution >= 4 is 35.0 Å². The van der Waals surface area contributed by atoms with E-state index in [2.05, 4.69) is 15.5 Å². The Morgan fingerprint density at radius 2 is 2.21 bits per heavy atom. The highest BCUT2D eigenvalue weighted by Gasteiger charge is 2.17. The summed E-state index contributed by atoms with van der Waals surface area (Å²) in [6.45, 7) is 1.81. The van der Waals surface area contributed by atoms with Gasteiger partial charge < -0.3 is 9.88 Å². The minimum atomic E-state index is -0.292. The number of hydrogen-bond donors (Lipinski definition) is 1. The lowest BCUT2D eigenvalue weighted by atomic mass is 10.3. The number of nitrogens with one attached hydrogen (secondary N) is 1. The molecule has 0 fully saturated rings. The molecule has 7 heteroatoms. The number of carbonyl (C=O) groups excluding carboxylic acids is 1. The Balaban J connectivity index is 2.00. The number of rotatable bonds is 4. The van der Waals surface area contributed by atoms with Gasteiger partial charge in [-0.2, -0.15) is 0 Å². The quantitative estimate of drug-likeness (QED) is 0.881. The Bertz CT molecular complexity index is 587. The number of aryl methyl sites for hydroxylation is 1. The van der Waals surface area contributed by atoms with Gasteiger partial charge in [0.15, 0.2) is 5.16 Å². The van der Waals surface area contributed by atoms with Crippen molar-refractivity contribution in [3.63, 3.8) is 0 Å². The molecule has 0 radical (unpaired) electrons. The zero-order valence-corrected chi connectivity index (χ0v) is 12.1. The van der Waals surface area contributed by atoms with Crippen LogP contribution in [0.5, 0.6) is 0 Å². The van der Waals surface area contributed by atoms with E-state index < -0.39 is 0 Å². The van der Waals surface area contributed by atoms with E-state index in [9.17, 15) is 4.79 Å². The molecule has 0 aliphatic heterocycles. The molecular formula is C12H13ClN4OS. The molecule has 0 saturated heterocycles. The van der Waals surface area contributed by atoms with Gasteiger partial charge in [-0.3, -0.25) is 4.79 Å². The Morgan fingerprint density at radius 1 is 1.47 bits per heavy atom. The minimum absolute atomic E-state index is 0.124. The highest BCUT2D eigenvalue weighted by atomic mass is 35.5. The molecule has 19 heavy (non-hydrogen) atoms. The van der Waals surface area contributed by atoms with Gasteiger partial charge in [-0.1, -0.05) is 35.5 Å². The summed E-state index contributed by atoms with van der Waals surface area (Å²) in [5.41, 5.74) is 0.611. The van der Waals surface area contributed by atoms with Gasteiger partial charge in [-0.15, -0.1) is 10.2 Å². The lowest BCUT2D eigenvalue weighted by molar-refractivity contribution is -0.115. The van der Waals surface area contributed by atoms with Gasteiger partial charge in [-0.05, 0) is 19.1 Å². The molecule has 1 unspecified atom stereocenters. The van der Waals surface area contributed by atoms with E-state index in [1.54, 1.807) is 23.0 Å². The van der Waals surface area contributed by atoms with Crippen LogP contribution >= 0.6 is 23.4 Å². The summed E-state index contributed by atoms with van der Waals surface area (Å²) < 4.78 is 1.77. The first-order valence-corrected chi connectivity index (χ1v) is 6.89. The maximum atomic E-state index is 12.1. The molecule has 1 aromatic heterocycles. The number of halogens is 1. The first-order chi connectivity index (χ1) is 9.08. The second-order valence-electron chi connectivity index (χ2n) is 3.95. The van der Waals surface area contributed by atoms with E-state index in [1.165, 1.54) is 11.8 Å². The van der Waals surface area contributed by atoms with Crippen LogP contribution in [0.25, 0.3) is 0 Å². The third-order valence-electron chi connectivity index (χ3n) is 2.45. The standard InChI is InChI=1S/C12H13ClN4OS/c1-8(19-12-16-14-7-17(12)2)11(18)15-10-6-4-3-5-9(10)13/h3-8H,1-2H3,(H,15,18). The molecule has 0 spiro atoms. The van der Waals surface area contributed by atoms with Crippen molar-refractivity contribution in [2.24, 2.45) is 7.05 Å². The van der Waals surface area contributed by atoms with Crippen LogP contribution in [0.1, 0.15) is 6.92 Å². The van der Waals surface area contributed by atoms with Crippen LogP contribution in [0.4, 0.5) is 5.69 Å². The molecule has 1 atom stereocenters. The first-order valence-electron chi connectivity index (χ1n) is 5.64. The highest BCUT2D eigenvalue weighted by molar-refractivity contribution is 8.00. The van der Waals surface area contributed by atoms with E-state index in [0.717, 1.165) is 0 Å². The largest absolute Gasteiger partial charge is 0.324 e. The van der Waals surface area contributed by atoms with Gasteiger partial charge in [0.2, 0.25) is 5.91 Å². The van der Waals surface area contributed by atoms with E-state index in [1.807, 2.05) is 26.1 Å². The fourth-order valence-corrected chi connectivity index (χ4v) is 2.36. The maximum absolute atomic E-state index is 12.1. The Labute approximate surface area is 120 Å². The van der Waals surface area contributed by atoms with E-state index in [-0.39, 0.29) is 11.2 Å². The average molecular weight is 297 g/mol. The molecule has 1 amide bonds. The summed E-state index contributed by atoms with van der Waals surface area (Å²) in [6.07, 6.45) is 1.60.